The van der Waals surface area contributed by atoms with Gasteiger partial charge in [0.25, 0.3) is 0 Å². The number of carboxylic acids is 1. The van der Waals surface area contributed by atoms with E-state index in [0.717, 1.165) is 24.9 Å². The van der Waals surface area contributed by atoms with E-state index in [1.807, 2.05) is 6.92 Å². The molecule has 0 spiro atoms. The van der Waals surface area contributed by atoms with Crippen LogP contribution in [0.25, 0.3) is 0 Å². The Labute approximate surface area is 117 Å². The Hall–Kier alpha value is -1.13. The molecule has 2 unspecified atom stereocenters. The molecule has 1 fully saturated rings. The number of nitrogens with zero attached hydrogens (tertiary/aromatic N) is 1. The standard InChI is InChI=1S/C14H17ClFNO2/c1-9(10-4-5-13(16)12(15)7-10)17-6-2-3-11(17)8-14(18)19/h4-5,7,9,11H,2-3,6,8H2,1H3,(H,18,19). The molecular formula is C14H17ClFNO2. The molecule has 0 saturated carbocycles. The first kappa shape index (κ1) is 14.3. The number of hydrogen-bond donors (Lipinski definition) is 1. The van der Waals surface area contributed by atoms with Crippen molar-refractivity contribution in [2.75, 3.05) is 6.54 Å². The number of benzene rings is 1. The molecular weight excluding hydrogens is 269 g/mol. The van der Waals surface area contributed by atoms with Crippen molar-refractivity contribution >= 4 is 17.6 Å². The number of carbonyl (C=O) groups is 1. The third kappa shape index (κ3) is 3.25. The molecule has 5 heteroatoms. The fraction of sp³-hybridized carbons (Fsp3) is 0.500. The van der Waals surface area contributed by atoms with Gasteiger partial charge >= 0.3 is 5.97 Å². The fourth-order valence-corrected chi connectivity index (χ4v) is 2.94. The van der Waals surface area contributed by atoms with E-state index in [1.54, 1.807) is 12.1 Å². The highest BCUT2D eigenvalue weighted by molar-refractivity contribution is 6.30. The highest BCUT2D eigenvalue weighted by atomic mass is 35.5. The Morgan fingerprint density at radius 2 is 2.37 bits per heavy atom. The van der Waals surface area contributed by atoms with Gasteiger partial charge < -0.3 is 5.11 Å². The van der Waals surface area contributed by atoms with Crippen LogP contribution in [0.1, 0.15) is 37.8 Å². The van der Waals surface area contributed by atoms with Crippen LogP contribution in [0.15, 0.2) is 18.2 Å². The Morgan fingerprint density at radius 1 is 1.63 bits per heavy atom. The van der Waals surface area contributed by atoms with Crippen molar-refractivity contribution in [3.63, 3.8) is 0 Å². The molecule has 0 aromatic heterocycles. The molecule has 1 aliphatic rings. The van der Waals surface area contributed by atoms with Crippen LogP contribution < -0.4 is 0 Å². The summed E-state index contributed by atoms with van der Waals surface area (Å²) in [7, 11) is 0. The van der Waals surface area contributed by atoms with Gasteiger partial charge in [-0.15, -0.1) is 0 Å². The highest BCUT2D eigenvalue weighted by Gasteiger charge is 2.30. The zero-order valence-electron chi connectivity index (χ0n) is 10.8. The second-order valence-corrected chi connectivity index (χ2v) is 5.39. The normalized spacial score (nSPS) is 21.5. The summed E-state index contributed by atoms with van der Waals surface area (Å²) in [5.74, 6) is -1.21. The lowest BCUT2D eigenvalue weighted by atomic mass is 10.0. The first-order chi connectivity index (χ1) is 8.99. The third-order valence-corrected chi connectivity index (χ3v) is 4.05. The summed E-state index contributed by atoms with van der Waals surface area (Å²) in [6, 6.07) is 4.79. The van der Waals surface area contributed by atoms with Crippen LogP contribution in [0.2, 0.25) is 5.02 Å². The molecule has 0 radical (unpaired) electrons. The van der Waals surface area contributed by atoms with Crippen LogP contribution in [0.5, 0.6) is 0 Å². The number of rotatable bonds is 4. The zero-order chi connectivity index (χ0) is 14.0. The molecule has 2 rings (SSSR count). The first-order valence-electron chi connectivity index (χ1n) is 6.41. The van der Waals surface area contributed by atoms with Gasteiger partial charge in [-0.25, -0.2) is 4.39 Å². The van der Waals surface area contributed by atoms with Gasteiger partial charge in [-0.1, -0.05) is 17.7 Å². The topological polar surface area (TPSA) is 40.5 Å². The Kier molecular flexibility index (Phi) is 4.42. The van der Waals surface area contributed by atoms with Gasteiger partial charge in [0, 0.05) is 12.1 Å². The molecule has 1 aliphatic heterocycles. The summed E-state index contributed by atoms with van der Waals surface area (Å²) < 4.78 is 13.2. The maximum absolute atomic E-state index is 13.2. The monoisotopic (exact) mass is 285 g/mol. The molecule has 2 atom stereocenters. The number of halogens is 2. The van der Waals surface area contributed by atoms with E-state index in [4.69, 9.17) is 16.7 Å². The number of aliphatic carboxylic acids is 1. The molecule has 19 heavy (non-hydrogen) atoms. The summed E-state index contributed by atoms with van der Waals surface area (Å²) in [5.41, 5.74) is 0.920. The van der Waals surface area contributed by atoms with E-state index in [-0.39, 0.29) is 23.5 Å². The highest BCUT2D eigenvalue weighted by Crippen LogP contribution is 2.32. The molecule has 0 bridgehead atoms. The van der Waals surface area contributed by atoms with Crippen molar-refractivity contribution in [1.82, 2.24) is 4.90 Å². The predicted molar refractivity (Wildman–Crippen MR) is 71.8 cm³/mol. The van der Waals surface area contributed by atoms with Gasteiger partial charge in [0.1, 0.15) is 5.82 Å². The first-order valence-corrected chi connectivity index (χ1v) is 6.79. The molecule has 104 valence electrons. The minimum Gasteiger partial charge on any atom is -0.481 e. The van der Waals surface area contributed by atoms with Crippen LogP contribution in [0.3, 0.4) is 0 Å². The van der Waals surface area contributed by atoms with Crippen molar-refractivity contribution < 1.29 is 14.3 Å². The molecule has 1 saturated heterocycles. The van der Waals surface area contributed by atoms with Crippen LogP contribution in [-0.4, -0.2) is 28.6 Å². The maximum Gasteiger partial charge on any atom is 0.304 e. The maximum atomic E-state index is 13.2. The Morgan fingerprint density at radius 3 is 3.00 bits per heavy atom. The molecule has 3 nitrogen and oxygen atoms in total. The van der Waals surface area contributed by atoms with E-state index in [9.17, 15) is 9.18 Å². The van der Waals surface area contributed by atoms with E-state index in [2.05, 4.69) is 4.90 Å². The minimum atomic E-state index is -0.777. The summed E-state index contributed by atoms with van der Waals surface area (Å²) in [6.45, 7) is 2.87. The molecule has 1 aromatic carbocycles. The smallest absolute Gasteiger partial charge is 0.304 e. The summed E-state index contributed by atoms with van der Waals surface area (Å²) in [4.78, 5) is 13.0. The molecule has 1 heterocycles. The predicted octanol–water partition coefficient (Wildman–Crippen LogP) is 3.48. The minimum absolute atomic E-state index is 0.0462. The average Bonchev–Trinajstić information content (AvgIpc) is 2.79. The summed E-state index contributed by atoms with van der Waals surface area (Å²) >= 11 is 5.80. The third-order valence-electron chi connectivity index (χ3n) is 3.76. The largest absolute Gasteiger partial charge is 0.481 e. The van der Waals surface area contributed by atoms with Crippen LogP contribution >= 0.6 is 11.6 Å². The Bertz CT molecular complexity index is 481. The Balaban J connectivity index is 2.15. The lowest BCUT2D eigenvalue weighted by Gasteiger charge is -2.30. The zero-order valence-corrected chi connectivity index (χ0v) is 11.5. The fourth-order valence-electron chi connectivity index (χ4n) is 2.75. The van der Waals surface area contributed by atoms with Crippen LogP contribution in [-0.2, 0) is 4.79 Å². The van der Waals surface area contributed by atoms with Gasteiger partial charge in [-0.2, -0.15) is 0 Å². The van der Waals surface area contributed by atoms with E-state index in [0.29, 0.717) is 0 Å². The number of hydrogen-bond acceptors (Lipinski definition) is 2. The summed E-state index contributed by atoms with van der Waals surface area (Å²) in [6.07, 6.45) is 2.04. The number of carboxylic acid groups (broad SMARTS) is 1. The van der Waals surface area contributed by atoms with E-state index < -0.39 is 11.8 Å². The molecule has 1 aromatic rings. The van der Waals surface area contributed by atoms with Gasteiger partial charge in [-0.05, 0) is 44.0 Å². The quantitative estimate of drug-likeness (QED) is 0.921. The van der Waals surface area contributed by atoms with E-state index >= 15 is 0 Å². The van der Waals surface area contributed by atoms with Crippen LogP contribution in [0.4, 0.5) is 4.39 Å². The molecule has 0 amide bonds. The lowest BCUT2D eigenvalue weighted by molar-refractivity contribution is -0.138. The average molecular weight is 286 g/mol. The van der Waals surface area contributed by atoms with Crippen LogP contribution in [0, 0.1) is 5.82 Å². The van der Waals surface area contributed by atoms with Gasteiger partial charge in [0.2, 0.25) is 0 Å². The van der Waals surface area contributed by atoms with Crippen molar-refractivity contribution in [1.29, 1.82) is 0 Å². The lowest BCUT2D eigenvalue weighted by Crippen LogP contribution is -2.33. The van der Waals surface area contributed by atoms with E-state index in [1.165, 1.54) is 6.07 Å². The summed E-state index contributed by atoms with van der Waals surface area (Å²) in [5, 5.41) is 9.04. The second-order valence-electron chi connectivity index (χ2n) is 4.98. The van der Waals surface area contributed by atoms with Crippen molar-refractivity contribution in [3.05, 3.63) is 34.6 Å². The van der Waals surface area contributed by atoms with Gasteiger partial charge in [-0.3, -0.25) is 9.69 Å². The molecule has 0 aliphatic carbocycles. The molecule has 1 N–H and O–H groups in total. The van der Waals surface area contributed by atoms with Crippen molar-refractivity contribution in [2.24, 2.45) is 0 Å². The van der Waals surface area contributed by atoms with Gasteiger partial charge in [0.15, 0.2) is 0 Å². The van der Waals surface area contributed by atoms with Gasteiger partial charge in [0.05, 0.1) is 11.4 Å². The van der Waals surface area contributed by atoms with Crippen molar-refractivity contribution in [2.45, 2.75) is 38.3 Å². The van der Waals surface area contributed by atoms with Crippen molar-refractivity contribution in [3.8, 4) is 0 Å². The second kappa shape index (κ2) is 5.88. The SMILES string of the molecule is CC(c1ccc(F)c(Cl)c1)N1CCCC1CC(=O)O. The number of likely N-dealkylation sites (tertiary alicyclic amines) is 1.